The maximum Gasteiger partial charge on any atom is 0.240 e. The van der Waals surface area contributed by atoms with Crippen molar-refractivity contribution in [3.05, 3.63) is 42.0 Å². The Balaban J connectivity index is 2.68. The zero-order chi connectivity index (χ0) is 14.3. The lowest BCUT2D eigenvalue weighted by Crippen LogP contribution is -2.24. The van der Waals surface area contributed by atoms with Gasteiger partial charge in [0.1, 0.15) is 0 Å². The monoisotopic (exact) mass is 281 g/mol. The molecule has 106 valence electrons. The van der Waals surface area contributed by atoms with Gasteiger partial charge in [-0.25, -0.2) is 13.1 Å². The SMILES string of the molecule is C/C=C/CCNS(=O)(=O)c1ccc(CC(C)C)cc1. The van der Waals surface area contributed by atoms with Gasteiger partial charge in [-0.3, -0.25) is 0 Å². The number of hydrogen-bond donors (Lipinski definition) is 1. The second-order valence-corrected chi connectivity index (χ2v) is 6.76. The highest BCUT2D eigenvalue weighted by Gasteiger charge is 2.12. The predicted molar refractivity (Wildman–Crippen MR) is 79.6 cm³/mol. The molecule has 19 heavy (non-hydrogen) atoms. The summed E-state index contributed by atoms with van der Waals surface area (Å²) in [5.41, 5.74) is 1.17. The van der Waals surface area contributed by atoms with Gasteiger partial charge in [0, 0.05) is 6.54 Å². The molecule has 0 aliphatic carbocycles. The topological polar surface area (TPSA) is 46.2 Å². The molecule has 0 aliphatic heterocycles. The van der Waals surface area contributed by atoms with Crippen LogP contribution in [0.2, 0.25) is 0 Å². The summed E-state index contributed by atoms with van der Waals surface area (Å²) < 4.78 is 26.6. The predicted octanol–water partition coefficient (Wildman–Crippen LogP) is 3.13. The summed E-state index contributed by atoms with van der Waals surface area (Å²) >= 11 is 0. The van der Waals surface area contributed by atoms with E-state index in [0.717, 1.165) is 6.42 Å². The molecule has 0 heterocycles. The molecule has 1 aromatic carbocycles. The van der Waals surface area contributed by atoms with Gasteiger partial charge in [0.15, 0.2) is 0 Å². The van der Waals surface area contributed by atoms with Crippen molar-refractivity contribution in [2.24, 2.45) is 5.92 Å². The minimum atomic E-state index is -3.37. The minimum absolute atomic E-state index is 0.334. The zero-order valence-corrected chi connectivity index (χ0v) is 12.7. The lowest BCUT2D eigenvalue weighted by molar-refractivity contribution is 0.582. The van der Waals surface area contributed by atoms with Gasteiger partial charge in [0.25, 0.3) is 0 Å². The standard InChI is InChI=1S/C15H23NO2S/c1-4-5-6-11-16-19(17,18)15-9-7-14(8-10-15)12-13(2)3/h4-5,7-10,13,16H,6,11-12H2,1-3H3/b5-4+. The molecule has 1 N–H and O–H groups in total. The zero-order valence-electron chi connectivity index (χ0n) is 11.9. The van der Waals surface area contributed by atoms with Crippen LogP contribution in [-0.2, 0) is 16.4 Å². The van der Waals surface area contributed by atoms with E-state index in [1.54, 1.807) is 12.1 Å². The molecule has 0 spiro atoms. The second kappa shape index (κ2) is 7.46. The molecule has 0 saturated heterocycles. The highest BCUT2D eigenvalue weighted by molar-refractivity contribution is 7.89. The van der Waals surface area contributed by atoms with Crippen molar-refractivity contribution in [1.29, 1.82) is 0 Å². The fourth-order valence-electron chi connectivity index (χ4n) is 1.80. The Hall–Kier alpha value is -1.13. The van der Waals surface area contributed by atoms with E-state index in [0.29, 0.717) is 23.8 Å². The molecule has 0 fully saturated rings. The average molecular weight is 281 g/mol. The van der Waals surface area contributed by atoms with Crippen LogP contribution in [0.5, 0.6) is 0 Å². The van der Waals surface area contributed by atoms with E-state index in [1.807, 2.05) is 31.2 Å². The number of hydrogen-bond acceptors (Lipinski definition) is 2. The van der Waals surface area contributed by atoms with E-state index in [2.05, 4.69) is 18.6 Å². The maximum absolute atomic E-state index is 12.0. The molecule has 3 nitrogen and oxygen atoms in total. The van der Waals surface area contributed by atoms with Crippen molar-refractivity contribution in [1.82, 2.24) is 4.72 Å². The Labute approximate surface area is 116 Å². The minimum Gasteiger partial charge on any atom is -0.211 e. The molecule has 4 heteroatoms. The Morgan fingerprint density at radius 3 is 2.37 bits per heavy atom. The molecule has 0 bridgehead atoms. The largest absolute Gasteiger partial charge is 0.240 e. The van der Waals surface area contributed by atoms with Crippen molar-refractivity contribution in [3.63, 3.8) is 0 Å². The highest BCUT2D eigenvalue weighted by atomic mass is 32.2. The number of rotatable bonds is 7. The summed E-state index contributed by atoms with van der Waals surface area (Å²) in [7, 11) is -3.37. The van der Waals surface area contributed by atoms with E-state index in [4.69, 9.17) is 0 Å². The molecule has 0 aliphatic rings. The molecule has 1 aromatic rings. The Bertz CT molecular complexity index is 501. The number of allylic oxidation sites excluding steroid dienone is 1. The molecular weight excluding hydrogens is 258 g/mol. The van der Waals surface area contributed by atoms with Gasteiger partial charge in [-0.1, -0.05) is 38.1 Å². The van der Waals surface area contributed by atoms with Crippen LogP contribution in [0, 0.1) is 5.92 Å². The average Bonchev–Trinajstić information content (AvgIpc) is 2.35. The van der Waals surface area contributed by atoms with Crippen LogP contribution >= 0.6 is 0 Å². The van der Waals surface area contributed by atoms with Gasteiger partial charge < -0.3 is 0 Å². The van der Waals surface area contributed by atoms with E-state index >= 15 is 0 Å². The molecule has 0 atom stereocenters. The normalized spacial score (nSPS) is 12.4. The van der Waals surface area contributed by atoms with Gasteiger partial charge in [-0.15, -0.1) is 0 Å². The molecule has 1 rings (SSSR count). The van der Waals surface area contributed by atoms with Crippen molar-refractivity contribution in [3.8, 4) is 0 Å². The number of nitrogens with one attached hydrogen (secondary N) is 1. The van der Waals surface area contributed by atoms with Gasteiger partial charge in [-0.2, -0.15) is 0 Å². The summed E-state index contributed by atoms with van der Waals surface area (Å²) in [6.45, 7) is 6.64. The lowest BCUT2D eigenvalue weighted by atomic mass is 10.0. The third kappa shape index (κ3) is 5.57. The first-order valence-electron chi connectivity index (χ1n) is 6.65. The first-order chi connectivity index (χ1) is 8.95. The summed E-state index contributed by atoms with van der Waals surface area (Å²) in [4.78, 5) is 0.334. The van der Waals surface area contributed by atoms with Gasteiger partial charge in [-0.05, 0) is 43.4 Å². The van der Waals surface area contributed by atoms with Crippen LogP contribution in [0.1, 0.15) is 32.8 Å². The quantitative estimate of drug-likeness (QED) is 0.616. The van der Waals surface area contributed by atoms with E-state index in [1.165, 1.54) is 5.56 Å². The Morgan fingerprint density at radius 2 is 1.84 bits per heavy atom. The Morgan fingerprint density at radius 1 is 1.21 bits per heavy atom. The van der Waals surface area contributed by atoms with Gasteiger partial charge in [0.05, 0.1) is 4.90 Å². The molecular formula is C15H23NO2S. The van der Waals surface area contributed by atoms with Gasteiger partial charge in [0.2, 0.25) is 10.0 Å². The van der Waals surface area contributed by atoms with Crippen LogP contribution < -0.4 is 4.72 Å². The summed E-state index contributed by atoms with van der Waals surface area (Å²) in [5, 5.41) is 0. The third-order valence-corrected chi connectivity index (χ3v) is 4.19. The van der Waals surface area contributed by atoms with Crippen LogP contribution in [0.25, 0.3) is 0 Å². The van der Waals surface area contributed by atoms with Crippen LogP contribution in [0.15, 0.2) is 41.3 Å². The van der Waals surface area contributed by atoms with Gasteiger partial charge >= 0.3 is 0 Å². The van der Waals surface area contributed by atoms with Crippen LogP contribution in [0.4, 0.5) is 0 Å². The van der Waals surface area contributed by atoms with Crippen molar-refractivity contribution >= 4 is 10.0 Å². The molecule has 0 amide bonds. The van der Waals surface area contributed by atoms with Crippen molar-refractivity contribution in [2.45, 2.75) is 38.5 Å². The maximum atomic E-state index is 12.0. The molecule has 0 saturated carbocycles. The molecule has 0 unspecified atom stereocenters. The smallest absolute Gasteiger partial charge is 0.211 e. The highest BCUT2D eigenvalue weighted by Crippen LogP contribution is 2.13. The van der Waals surface area contributed by atoms with E-state index < -0.39 is 10.0 Å². The second-order valence-electron chi connectivity index (χ2n) is 5.00. The van der Waals surface area contributed by atoms with E-state index in [9.17, 15) is 8.42 Å². The van der Waals surface area contributed by atoms with Crippen LogP contribution in [-0.4, -0.2) is 15.0 Å². The fraction of sp³-hybridized carbons (Fsp3) is 0.467. The first kappa shape index (κ1) is 15.9. The summed E-state index contributed by atoms with van der Waals surface area (Å²) in [5.74, 6) is 0.571. The fourth-order valence-corrected chi connectivity index (χ4v) is 2.85. The third-order valence-electron chi connectivity index (χ3n) is 2.72. The first-order valence-corrected chi connectivity index (χ1v) is 8.14. The summed E-state index contributed by atoms with van der Waals surface area (Å²) in [6.07, 6.45) is 5.53. The number of sulfonamides is 1. The molecule has 0 aromatic heterocycles. The van der Waals surface area contributed by atoms with Crippen molar-refractivity contribution in [2.75, 3.05) is 6.54 Å². The van der Waals surface area contributed by atoms with Crippen LogP contribution in [0.3, 0.4) is 0 Å². The molecule has 0 radical (unpaired) electrons. The Kier molecular flexibility index (Phi) is 6.25. The summed E-state index contributed by atoms with van der Waals surface area (Å²) in [6, 6.07) is 7.13. The van der Waals surface area contributed by atoms with E-state index in [-0.39, 0.29) is 0 Å². The number of benzene rings is 1. The lowest BCUT2D eigenvalue weighted by Gasteiger charge is -2.08. The van der Waals surface area contributed by atoms with Crippen molar-refractivity contribution < 1.29 is 8.42 Å².